The van der Waals surface area contributed by atoms with Crippen LogP contribution in [0, 0.1) is 0 Å². The molecular formula is C18H22F3N4OS+. The van der Waals surface area contributed by atoms with Crippen LogP contribution >= 0.6 is 10.5 Å². The predicted molar refractivity (Wildman–Crippen MR) is 98.4 cm³/mol. The normalized spacial score (nSPS) is 17.6. The first kappa shape index (κ1) is 19.6. The molecule has 2 aromatic rings. The lowest BCUT2D eigenvalue weighted by Crippen LogP contribution is -2.42. The lowest BCUT2D eigenvalue weighted by Gasteiger charge is -2.37. The quantitative estimate of drug-likeness (QED) is 0.762. The molecule has 5 nitrogen and oxygen atoms in total. The van der Waals surface area contributed by atoms with Crippen LogP contribution in [-0.4, -0.2) is 22.4 Å². The molecule has 1 unspecified atom stereocenters. The largest absolute Gasteiger partial charge is 0.439 e. The van der Waals surface area contributed by atoms with E-state index in [1.807, 2.05) is 12.1 Å². The number of anilines is 1. The molecule has 1 fully saturated rings. The summed E-state index contributed by atoms with van der Waals surface area (Å²) in [5, 5.41) is 2.58. The molecule has 2 heterocycles. The zero-order valence-electron chi connectivity index (χ0n) is 15.0. The average Bonchev–Trinajstić information content (AvgIpc) is 2.97. The molecule has 1 saturated carbocycles. The van der Waals surface area contributed by atoms with E-state index >= 15 is 0 Å². The minimum Gasteiger partial charge on any atom is -0.347 e. The molecular weight excluding hydrogens is 377 g/mol. The van der Waals surface area contributed by atoms with Gasteiger partial charge in [0.2, 0.25) is 5.69 Å². The summed E-state index contributed by atoms with van der Waals surface area (Å²) in [5.74, 6) is -0.744. The van der Waals surface area contributed by atoms with E-state index in [2.05, 4.69) is 15.3 Å². The first-order valence-electron chi connectivity index (χ1n) is 8.75. The van der Waals surface area contributed by atoms with Gasteiger partial charge in [-0.3, -0.25) is 9.78 Å². The zero-order chi connectivity index (χ0) is 19.7. The van der Waals surface area contributed by atoms with Crippen LogP contribution in [0.2, 0.25) is 0 Å². The lowest BCUT2D eigenvalue weighted by molar-refractivity contribution is -0.141. The third-order valence-corrected chi connectivity index (χ3v) is 6.91. The number of halogens is 3. The van der Waals surface area contributed by atoms with Gasteiger partial charge in [-0.25, -0.2) is 0 Å². The van der Waals surface area contributed by atoms with Crippen molar-refractivity contribution in [1.82, 2.24) is 15.3 Å². The average molecular weight is 399 g/mol. The van der Waals surface area contributed by atoms with E-state index in [0.717, 1.165) is 37.7 Å². The second-order valence-electron chi connectivity index (χ2n) is 6.90. The number of thiazole rings is 1. The molecule has 1 aliphatic carbocycles. The van der Waals surface area contributed by atoms with Crippen molar-refractivity contribution in [2.45, 2.75) is 43.7 Å². The summed E-state index contributed by atoms with van der Waals surface area (Å²) in [7, 11) is -1.16. The SMILES string of the molecule is C[s+]1c(N)nc(C(F)(F)F)c1C(=O)NCC1(c2cccnc2)CCCCC1. The number of carbonyl (C=O) groups is 1. The molecule has 0 bridgehead atoms. The van der Waals surface area contributed by atoms with Crippen molar-refractivity contribution in [1.29, 1.82) is 0 Å². The van der Waals surface area contributed by atoms with Gasteiger partial charge in [-0.05, 0) is 24.5 Å². The van der Waals surface area contributed by atoms with E-state index in [1.165, 1.54) is 6.26 Å². The van der Waals surface area contributed by atoms with Crippen LogP contribution < -0.4 is 11.1 Å². The summed E-state index contributed by atoms with van der Waals surface area (Å²) in [6.07, 6.45) is 5.10. The Labute approximate surface area is 158 Å². The number of aromatic nitrogens is 2. The molecule has 0 aliphatic heterocycles. The topological polar surface area (TPSA) is 80.9 Å². The minimum atomic E-state index is -4.71. The van der Waals surface area contributed by atoms with Gasteiger partial charge < -0.3 is 11.1 Å². The maximum absolute atomic E-state index is 13.2. The second-order valence-corrected chi connectivity index (χ2v) is 8.75. The van der Waals surface area contributed by atoms with Gasteiger partial charge >= 0.3 is 17.2 Å². The highest BCUT2D eigenvalue weighted by atomic mass is 32.2. The number of amides is 1. The van der Waals surface area contributed by atoms with Crippen molar-refractivity contribution < 1.29 is 18.0 Å². The van der Waals surface area contributed by atoms with Crippen LogP contribution in [-0.2, 0) is 17.8 Å². The lowest BCUT2D eigenvalue weighted by atomic mass is 9.70. The Balaban J connectivity index is 1.86. The number of nitrogens with zero attached hydrogens (tertiary/aromatic N) is 2. The van der Waals surface area contributed by atoms with Crippen molar-refractivity contribution in [3.05, 3.63) is 40.7 Å². The molecule has 0 saturated heterocycles. The van der Waals surface area contributed by atoms with Crippen molar-refractivity contribution in [3.63, 3.8) is 0 Å². The first-order chi connectivity index (χ1) is 12.7. The van der Waals surface area contributed by atoms with Crippen molar-refractivity contribution in [2.24, 2.45) is 6.26 Å². The molecule has 0 aromatic carbocycles. The van der Waals surface area contributed by atoms with Gasteiger partial charge in [0.05, 0.1) is 0 Å². The Kier molecular flexibility index (Phi) is 5.41. The van der Waals surface area contributed by atoms with Crippen LogP contribution in [0.3, 0.4) is 0 Å². The minimum absolute atomic E-state index is 0.160. The monoisotopic (exact) mass is 399 g/mol. The van der Waals surface area contributed by atoms with Crippen LogP contribution in [0.4, 0.5) is 18.3 Å². The Morgan fingerprint density at radius 2 is 2.04 bits per heavy atom. The Hall–Kier alpha value is -2.16. The molecule has 1 amide bonds. The van der Waals surface area contributed by atoms with E-state index in [9.17, 15) is 18.0 Å². The number of nitrogens with two attached hydrogens (primary N) is 1. The molecule has 1 atom stereocenters. The molecule has 3 rings (SSSR count). The number of nitrogen functional groups attached to an aromatic ring is 1. The maximum Gasteiger partial charge on any atom is 0.439 e. The molecule has 2 aromatic heterocycles. The molecule has 146 valence electrons. The summed E-state index contributed by atoms with van der Waals surface area (Å²) in [4.78, 5) is 19.9. The van der Waals surface area contributed by atoms with Gasteiger partial charge in [0.25, 0.3) is 4.88 Å². The Bertz CT molecular complexity index is 814. The number of alkyl halides is 3. The zero-order valence-corrected chi connectivity index (χ0v) is 15.8. The van der Waals surface area contributed by atoms with E-state index < -0.39 is 28.2 Å². The summed E-state index contributed by atoms with van der Waals surface area (Å²) in [6.45, 7) is 0.267. The number of pyridine rings is 1. The van der Waals surface area contributed by atoms with E-state index in [0.29, 0.717) is 0 Å². The van der Waals surface area contributed by atoms with Crippen molar-refractivity contribution >= 4 is 21.5 Å². The molecule has 9 heteroatoms. The van der Waals surface area contributed by atoms with Crippen LogP contribution in [0.1, 0.15) is 53.0 Å². The van der Waals surface area contributed by atoms with Crippen LogP contribution in [0.15, 0.2) is 24.5 Å². The molecule has 0 spiro atoms. The van der Waals surface area contributed by atoms with E-state index in [4.69, 9.17) is 5.73 Å². The number of carbonyl (C=O) groups excluding carboxylic acids is 1. The number of hydrogen-bond donors (Lipinski definition) is 2. The summed E-state index contributed by atoms with van der Waals surface area (Å²) in [5.41, 5.74) is 5.10. The third kappa shape index (κ3) is 3.92. The fourth-order valence-corrected chi connectivity index (χ4v) is 4.96. The standard InChI is InChI=1S/C18H21F3N4OS/c1-27-13(14(18(19,20)21)25-16(27)22)15(26)24-11-17(7-3-2-4-8-17)12-6-5-9-23-10-12/h5-6,9-10H,2-4,7-8,11H2,1H3,(H2-,22,24,25,26)/p+1. The molecule has 1 aliphatic rings. The van der Waals surface area contributed by atoms with Crippen molar-refractivity contribution in [3.8, 4) is 0 Å². The van der Waals surface area contributed by atoms with Gasteiger partial charge in [0.1, 0.15) is 6.26 Å². The van der Waals surface area contributed by atoms with E-state index in [1.54, 1.807) is 12.4 Å². The maximum atomic E-state index is 13.2. The van der Waals surface area contributed by atoms with Gasteiger partial charge in [-0.2, -0.15) is 18.2 Å². The summed E-state index contributed by atoms with van der Waals surface area (Å²) >= 11 is 0. The number of hydrogen-bond acceptors (Lipinski definition) is 4. The smallest absolute Gasteiger partial charge is 0.347 e. The van der Waals surface area contributed by atoms with Crippen molar-refractivity contribution in [2.75, 3.05) is 12.3 Å². The highest BCUT2D eigenvalue weighted by molar-refractivity contribution is 7.34. The molecule has 27 heavy (non-hydrogen) atoms. The third-order valence-electron chi connectivity index (χ3n) is 5.20. The fourth-order valence-electron chi connectivity index (χ4n) is 3.72. The van der Waals surface area contributed by atoms with Gasteiger partial charge in [0, 0.05) is 34.8 Å². The first-order valence-corrected chi connectivity index (χ1v) is 10.4. The number of nitrogens with one attached hydrogen (secondary N) is 1. The summed E-state index contributed by atoms with van der Waals surface area (Å²) in [6, 6.07) is 3.80. The fraction of sp³-hybridized carbons (Fsp3) is 0.500. The highest BCUT2D eigenvalue weighted by Gasteiger charge is 2.46. The molecule has 0 radical (unpaired) electrons. The Morgan fingerprint density at radius 1 is 1.33 bits per heavy atom. The van der Waals surface area contributed by atoms with Crippen LogP contribution in [0.5, 0.6) is 0 Å². The van der Waals surface area contributed by atoms with Gasteiger partial charge in [-0.1, -0.05) is 25.3 Å². The van der Waals surface area contributed by atoms with E-state index in [-0.39, 0.29) is 22.0 Å². The predicted octanol–water partition coefficient (Wildman–Crippen LogP) is 4.00. The van der Waals surface area contributed by atoms with Gasteiger partial charge in [0.15, 0.2) is 0 Å². The highest BCUT2D eigenvalue weighted by Crippen LogP contribution is 2.41. The van der Waals surface area contributed by atoms with Gasteiger partial charge in [-0.15, -0.1) is 0 Å². The Morgan fingerprint density at radius 3 is 2.63 bits per heavy atom. The second kappa shape index (κ2) is 7.46. The summed E-state index contributed by atoms with van der Waals surface area (Å²) < 4.78 is 39.7. The number of rotatable bonds is 4. The van der Waals surface area contributed by atoms with Crippen LogP contribution in [0.25, 0.3) is 0 Å². The molecule has 3 N–H and O–H groups in total.